The van der Waals surface area contributed by atoms with Gasteiger partial charge in [0.1, 0.15) is 5.52 Å². The Bertz CT molecular complexity index is 1210. The topological polar surface area (TPSA) is 26.0 Å². The van der Waals surface area contributed by atoms with E-state index in [1.807, 2.05) is 24.3 Å². The standard InChI is InChI=1S/C23H14BrNO/c24-20-12-11-16-7-10-18(13-19(16)14-20)15-5-8-17(9-6-15)23-25-21-3-1-2-4-22(21)26-23/h1-14H. The van der Waals surface area contributed by atoms with Crippen LogP contribution in [0.2, 0.25) is 0 Å². The second kappa shape index (κ2) is 6.11. The van der Waals surface area contributed by atoms with Gasteiger partial charge in [0.2, 0.25) is 5.89 Å². The van der Waals surface area contributed by atoms with Gasteiger partial charge in [-0.1, -0.05) is 58.4 Å². The van der Waals surface area contributed by atoms with Crippen LogP contribution in [0.4, 0.5) is 0 Å². The number of hydrogen-bond acceptors (Lipinski definition) is 2. The van der Waals surface area contributed by atoms with Crippen LogP contribution in [0.3, 0.4) is 0 Å². The highest BCUT2D eigenvalue weighted by Crippen LogP contribution is 2.29. The van der Waals surface area contributed by atoms with Gasteiger partial charge in [-0.3, -0.25) is 0 Å². The van der Waals surface area contributed by atoms with Crippen LogP contribution in [-0.2, 0) is 0 Å². The Morgan fingerprint density at radius 3 is 2.23 bits per heavy atom. The molecule has 1 heterocycles. The number of oxazole rings is 1. The molecule has 0 N–H and O–H groups in total. The van der Waals surface area contributed by atoms with Crippen molar-refractivity contribution < 1.29 is 4.42 Å². The molecule has 4 aromatic carbocycles. The van der Waals surface area contributed by atoms with E-state index in [9.17, 15) is 0 Å². The molecule has 0 radical (unpaired) electrons. The third-order valence-electron chi connectivity index (χ3n) is 4.56. The monoisotopic (exact) mass is 399 g/mol. The Balaban J connectivity index is 1.53. The molecule has 0 aliphatic carbocycles. The van der Waals surface area contributed by atoms with E-state index in [1.54, 1.807) is 0 Å². The summed E-state index contributed by atoms with van der Waals surface area (Å²) in [7, 11) is 0. The largest absolute Gasteiger partial charge is 0.436 e. The van der Waals surface area contributed by atoms with E-state index in [-0.39, 0.29) is 0 Å². The van der Waals surface area contributed by atoms with Crippen molar-refractivity contribution in [1.82, 2.24) is 4.98 Å². The molecule has 0 atom stereocenters. The minimum Gasteiger partial charge on any atom is -0.436 e. The smallest absolute Gasteiger partial charge is 0.227 e. The maximum atomic E-state index is 5.85. The molecule has 2 nitrogen and oxygen atoms in total. The predicted octanol–water partition coefficient (Wildman–Crippen LogP) is 7.08. The average Bonchev–Trinajstić information content (AvgIpc) is 3.12. The highest BCUT2D eigenvalue weighted by Gasteiger charge is 2.08. The molecule has 0 aliphatic heterocycles. The number of hydrogen-bond donors (Lipinski definition) is 0. The zero-order valence-electron chi connectivity index (χ0n) is 13.8. The van der Waals surface area contributed by atoms with Crippen LogP contribution < -0.4 is 0 Å². The minimum absolute atomic E-state index is 0.653. The molecule has 0 bridgehead atoms. The molecule has 0 spiro atoms. The van der Waals surface area contributed by atoms with Crippen LogP contribution >= 0.6 is 15.9 Å². The summed E-state index contributed by atoms with van der Waals surface area (Å²) in [6.45, 7) is 0. The van der Waals surface area contributed by atoms with Gasteiger partial charge in [0, 0.05) is 10.0 Å². The van der Waals surface area contributed by atoms with Gasteiger partial charge in [-0.15, -0.1) is 0 Å². The lowest BCUT2D eigenvalue weighted by atomic mass is 10.0. The van der Waals surface area contributed by atoms with E-state index in [0.29, 0.717) is 5.89 Å². The van der Waals surface area contributed by atoms with Gasteiger partial charge in [0.15, 0.2) is 5.58 Å². The number of aromatic nitrogens is 1. The molecule has 0 aliphatic rings. The first-order valence-corrected chi connectivity index (χ1v) is 9.21. The van der Waals surface area contributed by atoms with Crippen molar-refractivity contribution in [3.05, 3.63) is 89.4 Å². The molecule has 1 aromatic heterocycles. The summed E-state index contributed by atoms with van der Waals surface area (Å²) >= 11 is 3.55. The van der Waals surface area contributed by atoms with Crippen LogP contribution in [0, 0.1) is 0 Å². The first-order valence-electron chi connectivity index (χ1n) is 8.42. The third kappa shape index (κ3) is 2.71. The van der Waals surface area contributed by atoms with Crippen molar-refractivity contribution >= 4 is 37.8 Å². The fraction of sp³-hybridized carbons (Fsp3) is 0. The van der Waals surface area contributed by atoms with Gasteiger partial charge in [-0.2, -0.15) is 0 Å². The molecular weight excluding hydrogens is 386 g/mol. The number of fused-ring (bicyclic) bond motifs is 2. The molecule has 26 heavy (non-hydrogen) atoms. The number of para-hydroxylation sites is 2. The maximum Gasteiger partial charge on any atom is 0.227 e. The van der Waals surface area contributed by atoms with Gasteiger partial charge in [0.05, 0.1) is 0 Å². The van der Waals surface area contributed by atoms with Crippen LogP contribution in [0.5, 0.6) is 0 Å². The Morgan fingerprint density at radius 2 is 1.38 bits per heavy atom. The Kier molecular flexibility index (Phi) is 3.61. The molecular formula is C23H14BrNO. The fourth-order valence-electron chi connectivity index (χ4n) is 3.20. The van der Waals surface area contributed by atoms with Crippen LogP contribution in [0.25, 0.3) is 44.5 Å². The highest BCUT2D eigenvalue weighted by molar-refractivity contribution is 9.10. The van der Waals surface area contributed by atoms with Crippen molar-refractivity contribution in [3.63, 3.8) is 0 Å². The molecule has 0 unspecified atom stereocenters. The average molecular weight is 400 g/mol. The van der Waals surface area contributed by atoms with Gasteiger partial charge in [-0.25, -0.2) is 4.98 Å². The molecule has 0 saturated carbocycles. The predicted molar refractivity (Wildman–Crippen MR) is 110 cm³/mol. The SMILES string of the molecule is Brc1ccc2ccc(-c3ccc(-c4nc5ccccc5o4)cc3)cc2c1. The molecule has 3 heteroatoms. The van der Waals surface area contributed by atoms with Crippen LogP contribution in [0.15, 0.2) is 93.8 Å². The number of nitrogens with zero attached hydrogens (tertiary/aromatic N) is 1. The number of halogens is 1. The summed E-state index contributed by atoms with van der Waals surface area (Å²) in [5.41, 5.74) is 5.04. The van der Waals surface area contributed by atoms with E-state index >= 15 is 0 Å². The Hall–Kier alpha value is -2.91. The summed E-state index contributed by atoms with van der Waals surface area (Å²) in [4.78, 5) is 4.56. The lowest BCUT2D eigenvalue weighted by molar-refractivity contribution is 0.620. The summed E-state index contributed by atoms with van der Waals surface area (Å²) in [5, 5.41) is 2.46. The second-order valence-electron chi connectivity index (χ2n) is 6.27. The molecule has 0 fully saturated rings. The first kappa shape index (κ1) is 15.4. The van der Waals surface area contributed by atoms with E-state index in [0.717, 1.165) is 21.1 Å². The summed E-state index contributed by atoms with van der Waals surface area (Å²) in [6.07, 6.45) is 0. The minimum atomic E-state index is 0.653. The number of rotatable bonds is 2. The van der Waals surface area contributed by atoms with Crippen molar-refractivity contribution in [3.8, 4) is 22.6 Å². The molecule has 0 amide bonds. The van der Waals surface area contributed by atoms with E-state index in [1.165, 1.54) is 21.9 Å². The fourth-order valence-corrected chi connectivity index (χ4v) is 3.58. The Labute approximate surface area is 159 Å². The highest BCUT2D eigenvalue weighted by atomic mass is 79.9. The zero-order valence-corrected chi connectivity index (χ0v) is 15.4. The summed E-state index contributed by atoms with van der Waals surface area (Å²) in [6, 6.07) is 29.0. The van der Waals surface area contributed by atoms with Crippen molar-refractivity contribution in [2.75, 3.05) is 0 Å². The van der Waals surface area contributed by atoms with Crippen molar-refractivity contribution in [2.45, 2.75) is 0 Å². The van der Waals surface area contributed by atoms with Gasteiger partial charge in [-0.05, 0) is 64.4 Å². The van der Waals surface area contributed by atoms with Crippen LogP contribution in [-0.4, -0.2) is 4.98 Å². The lowest BCUT2D eigenvalue weighted by Gasteiger charge is -2.05. The first-order chi connectivity index (χ1) is 12.8. The molecule has 5 rings (SSSR count). The van der Waals surface area contributed by atoms with E-state index < -0.39 is 0 Å². The lowest BCUT2D eigenvalue weighted by Crippen LogP contribution is -1.81. The molecule has 0 saturated heterocycles. The Morgan fingerprint density at radius 1 is 0.654 bits per heavy atom. The maximum absolute atomic E-state index is 5.85. The molecule has 124 valence electrons. The summed E-state index contributed by atoms with van der Waals surface area (Å²) < 4.78 is 6.95. The number of benzene rings is 4. The zero-order chi connectivity index (χ0) is 17.5. The van der Waals surface area contributed by atoms with Gasteiger partial charge < -0.3 is 4.42 Å². The van der Waals surface area contributed by atoms with E-state index in [4.69, 9.17) is 4.42 Å². The summed E-state index contributed by atoms with van der Waals surface area (Å²) in [5.74, 6) is 0.653. The van der Waals surface area contributed by atoms with Crippen molar-refractivity contribution in [2.24, 2.45) is 0 Å². The van der Waals surface area contributed by atoms with Gasteiger partial charge >= 0.3 is 0 Å². The third-order valence-corrected chi connectivity index (χ3v) is 5.05. The van der Waals surface area contributed by atoms with Crippen molar-refractivity contribution in [1.29, 1.82) is 0 Å². The van der Waals surface area contributed by atoms with Crippen LogP contribution in [0.1, 0.15) is 0 Å². The second-order valence-corrected chi connectivity index (χ2v) is 7.19. The quantitative estimate of drug-likeness (QED) is 0.317. The van der Waals surface area contributed by atoms with E-state index in [2.05, 4.69) is 81.6 Å². The normalized spacial score (nSPS) is 11.3. The van der Waals surface area contributed by atoms with Gasteiger partial charge in [0.25, 0.3) is 0 Å². The molecule has 5 aromatic rings.